The predicted molar refractivity (Wildman–Crippen MR) is 56.2 cm³/mol. The first-order chi connectivity index (χ1) is 7.25. The summed E-state index contributed by atoms with van der Waals surface area (Å²) in [6.45, 7) is 0. The van der Waals surface area contributed by atoms with Crippen molar-refractivity contribution in [3.8, 4) is 5.75 Å². The molecular formula is C10H9N3O2. The minimum absolute atomic E-state index is 0.130. The Morgan fingerprint density at radius 3 is 2.67 bits per heavy atom. The normalized spacial score (nSPS) is 9.87. The number of para-hydroxylation sites is 2. The van der Waals surface area contributed by atoms with Crippen molar-refractivity contribution in [2.75, 3.05) is 5.32 Å². The van der Waals surface area contributed by atoms with Gasteiger partial charge in [0, 0.05) is 6.07 Å². The smallest absolute Gasteiger partial charge is 0.264 e. The molecule has 0 fully saturated rings. The molecule has 0 aliphatic carbocycles. The summed E-state index contributed by atoms with van der Waals surface area (Å²) in [7, 11) is 0. The molecule has 1 aromatic heterocycles. The monoisotopic (exact) mass is 203 g/mol. The molecule has 0 atom stereocenters. The SMILES string of the molecule is O=c1ccc(Nc2ccccc2O)n[nH]1. The number of aromatic amines is 1. The number of nitrogens with zero attached hydrogens (tertiary/aromatic N) is 1. The molecule has 5 nitrogen and oxygen atoms in total. The largest absolute Gasteiger partial charge is 0.506 e. The second-order valence-electron chi connectivity index (χ2n) is 2.95. The van der Waals surface area contributed by atoms with E-state index in [1.165, 1.54) is 12.1 Å². The van der Waals surface area contributed by atoms with Crippen LogP contribution in [-0.4, -0.2) is 15.3 Å². The Morgan fingerprint density at radius 1 is 1.20 bits per heavy atom. The van der Waals surface area contributed by atoms with Gasteiger partial charge in [-0.3, -0.25) is 4.79 Å². The summed E-state index contributed by atoms with van der Waals surface area (Å²) in [5.41, 5.74) is 0.273. The Labute approximate surface area is 85.4 Å². The van der Waals surface area contributed by atoms with Crippen molar-refractivity contribution < 1.29 is 5.11 Å². The molecule has 5 heteroatoms. The number of hydrogen-bond donors (Lipinski definition) is 3. The van der Waals surface area contributed by atoms with Crippen LogP contribution in [0.4, 0.5) is 11.5 Å². The number of H-pyrrole nitrogens is 1. The van der Waals surface area contributed by atoms with Gasteiger partial charge in [-0.1, -0.05) is 12.1 Å². The maximum atomic E-state index is 10.7. The Morgan fingerprint density at radius 2 is 2.00 bits per heavy atom. The van der Waals surface area contributed by atoms with Crippen LogP contribution in [0.5, 0.6) is 5.75 Å². The number of hydrogen-bond acceptors (Lipinski definition) is 4. The Hall–Kier alpha value is -2.30. The third-order valence-corrected chi connectivity index (χ3v) is 1.85. The highest BCUT2D eigenvalue weighted by Crippen LogP contribution is 2.23. The molecule has 0 aliphatic heterocycles. The van der Waals surface area contributed by atoms with E-state index in [-0.39, 0.29) is 11.3 Å². The predicted octanol–water partition coefficient (Wildman–Crippen LogP) is 1.22. The fraction of sp³-hybridized carbons (Fsp3) is 0. The van der Waals surface area contributed by atoms with Crippen molar-refractivity contribution in [3.63, 3.8) is 0 Å². The zero-order valence-corrected chi connectivity index (χ0v) is 7.77. The summed E-state index contributed by atoms with van der Waals surface area (Å²) < 4.78 is 0. The summed E-state index contributed by atoms with van der Waals surface area (Å²) >= 11 is 0. The quantitative estimate of drug-likeness (QED) is 0.641. The van der Waals surface area contributed by atoms with Gasteiger partial charge in [-0.25, -0.2) is 5.10 Å². The van der Waals surface area contributed by atoms with Crippen molar-refractivity contribution in [1.29, 1.82) is 0 Å². The summed E-state index contributed by atoms with van der Waals surface area (Å²) in [6, 6.07) is 9.67. The zero-order chi connectivity index (χ0) is 10.7. The molecule has 1 heterocycles. The molecular weight excluding hydrogens is 194 g/mol. The average molecular weight is 203 g/mol. The van der Waals surface area contributed by atoms with Crippen molar-refractivity contribution in [2.24, 2.45) is 0 Å². The van der Waals surface area contributed by atoms with Crippen LogP contribution in [0.2, 0.25) is 0 Å². The molecule has 0 unspecified atom stereocenters. The topological polar surface area (TPSA) is 78.0 Å². The third-order valence-electron chi connectivity index (χ3n) is 1.85. The van der Waals surface area contributed by atoms with Crippen molar-refractivity contribution >= 4 is 11.5 Å². The molecule has 2 aromatic rings. The van der Waals surface area contributed by atoms with Crippen LogP contribution < -0.4 is 10.9 Å². The van der Waals surface area contributed by atoms with E-state index >= 15 is 0 Å². The molecule has 1 aromatic carbocycles. The standard InChI is InChI=1S/C10H9N3O2/c14-8-4-2-1-3-7(8)11-9-5-6-10(15)13-12-9/h1-6,14H,(H,11,12)(H,13,15). The third kappa shape index (κ3) is 2.14. The van der Waals surface area contributed by atoms with Gasteiger partial charge in [0.15, 0.2) is 5.82 Å². The van der Waals surface area contributed by atoms with E-state index in [0.717, 1.165) is 0 Å². The van der Waals surface area contributed by atoms with Crippen LogP contribution in [0.25, 0.3) is 0 Å². The highest BCUT2D eigenvalue weighted by atomic mass is 16.3. The lowest BCUT2D eigenvalue weighted by Gasteiger charge is -2.05. The van der Waals surface area contributed by atoms with E-state index in [4.69, 9.17) is 0 Å². The number of phenolic OH excluding ortho intramolecular Hbond substituents is 1. The highest BCUT2D eigenvalue weighted by Gasteiger charge is 2.00. The van der Waals surface area contributed by atoms with Crippen LogP contribution in [0.1, 0.15) is 0 Å². The first kappa shape index (κ1) is 9.26. The van der Waals surface area contributed by atoms with Gasteiger partial charge in [-0.15, -0.1) is 0 Å². The Kier molecular flexibility index (Phi) is 2.37. The number of phenols is 1. The zero-order valence-electron chi connectivity index (χ0n) is 7.77. The van der Waals surface area contributed by atoms with Crippen molar-refractivity contribution in [1.82, 2.24) is 10.2 Å². The van der Waals surface area contributed by atoms with Gasteiger partial charge < -0.3 is 10.4 Å². The van der Waals surface area contributed by atoms with Gasteiger partial charge >= 0.3 is 0 Å². The van der Waals surface area contributed by atoms with Gasteiger partial charge in [0.2, 0.25) is 0 Å². The fourth-order valence-electron chi connectivity index (χ4n) is 1.13. The van der Waals surface area contributed by atoms with Gasteiger partial charge in [0.05, 0.1) is 5.69 Å². The van der Waals surface area contributed by atoms with Crippen LogP contribution in [0, 0.1) is 0 Å². The van der Waals surface area contributed by atoms with Crippen molar-refractivity contribution in [3.05, 3.63) is 46.8 Å². The fourth-order valence-corrected chi connectivity index (χ4v) is 1.13. The maximum absolute atomic E-state index is 10.7. The van der Waals surface area contributed by atoms with Gasteiger partial charge in [-0.05, 0) is 18.2 Å². The number of aromatic hydroxyl groups is 1. The minimum Gasteiger partial charge on any atom is -0.506 e. The van der Waals surface area contributed by atoms with Crippen LogP contribution in [0.15, 0.2) is 41.2 Å². The van der Waals surface area contributed by atoms with E-state index in [9.17, 15) is 9.90 Å². The molecule has 0 amide bonds. The van der Waals surface area contributed by atoms with E-state index in [1.54, 1.807) is 24.3 Å². The van der Waals surface area contributed by atoms with Crippen LogP contribution in [-0.2, 0) is 0 Å². The summed E-state index contributed by atoms with van der Waals surface area (Å²) in [4.78, 5) is 10.7. The highest BCUT2D eigenvalue weighted by molar-refractivity contribution is 5.62. The molecule has 3 N–H and O–H groups in total. The molecule has 2 rings (SSSR count). The van der Waals surface area contributed by atoms with E-state index in [0.29, 0.717) is 11.5 Å². The molecule has 15 heavy (non-hydrogen) atoms. The summed E-state index contributed by atoms with van der Waals surface area (Å²) in [5, 5.41) is 18.4. The van der Waals surface area contributed by atoms with Gasteiger partial charge in [-0.2, -0.15) is 5.10 Å². The lowest BCUT2D eigenvalue weighted by Crippen LogP contribution is -2.07. The lowest BCUT2D eigenvalue weighted by molar-refractivity contribution is 0.477. The van der Waals surface area contributed by atoms with Gasteiger partial charge in [0.25, 0.3) is 5.56 Å². The first-order valence-electron chi connectivity index (χ1n) is 4.36. The summed E-state index contributed by atoms with van der Waals surface area (Å²) in [5.74, 6) is 0.599. The number of anilines is 2. The minimum atomic E-state index is -0.266. The van der Waals surface area contributed by atoms with Crippen molar-refractivity contribution in [2.45, 2.75) is 0 Å². The van der Waals surface area contributed by atoms with E-state index < -0.39 is 0 Å². The molecule has 0 radical (unpaired) electrons. The average Bonchev–Trinajstić information content (AvgIpc) is 2.25. The molecule has 0 bridgehead atoms. The van der Waals surface area contributed by atoms with E-state index in [1.807, 2.05) is 0 Å². The second kappa shape index (κ2) is 3.83. The molecule has 0 saturated carbocycles. The molecule has 0 spiro atoms. The number of aromatic nitrogens is 2. The maximum Gasteiger partial charge on any atom is 0.264 e. The number of rotatable bonds is 2. The van der Waals surface area contributed by atoms with E-state index in [2.05, 4.69) is 15.5 Å². The van der Waals surface area contributed by atoms with Crippen LogP contribution in [0.3, 0.4) is 0 Å². The Bertz CT molecular complexity index is 502. The Balaban J connectivity index is 2.26. The number of benzene rings is 1. The summed E-state index contributed by atoms with van der Waals surface area (Å²) in [6.07, 6.45) is 0. The molecule has 0 saturated heterocycles. The lowest BCUT2D eigenvalue weighted by atomic mass is 10.3. The molecule has 76 valence electrons. The number of nitrogens with one attached hydrogen (secondary N) is 2. The molecule has 0 aliphatic rings. The second-order valence-corrected chi connectivity index (χ2v) is 2.95. The first-order valence-corrected chi connectivity index (χ1v) is 4.36. The van der Waals surface area contributed by atoms with Crippen LogP contribution >= 0.6 is 0 Å². The van der Waals surface area contributed by atoms with Gasteiger partial charge in [0.1, 0.15) is 5.75 Å².